The summed E-state index contributed by atoms with van der Waals surface area (Å²) < 4.78 is 25.6. The zero-order valence-corrected chi connectivity index (χ0v) is 35.5. The van der Waals surface area contributed by atoms with Crippen LogP contribution >= 0.6 is 0 Å². The van der Waals surface area contributed by atoms with E-state index in [9.17, 15) is 5.11 Å². The lowest BCUT2D eigenvalue weighted by atomic mass is 9.43. The SMILES string of the molecule is COCO[C@H]1CCC[C@H]2[C@](C)(Cc3cc(OCc4ccccc4)ccc3OCc3ccccc3)[C@H](C)CC[C@@]12C[C@H](O)[C@@]1(C)[C@@H]2CCCC(C)(C)C2=CC[C@@H]1C. The van der Waals surface area contributed by atoms with Crippen LogP contribution in [0.15, 0.2) is 90.5 Å². The second kappa shape index (κ2) is 17.0. The maximum atomic E-state index is 13.0. The van der Waals surface area contributed by atoms with E-state index in [0.717, 1.165) is 74.0 Å². The van der Waals surface area contributed by atoms with E-state index < -0.39 is 6.10 Å². The molecule has 1 N–H and O–H groups in total. The molecule has 7 rings (SSSR count). The molecule has 0 radical (unpaired) electrons. The van der Waals surface area contributed by atoms with Crippen LogP contribution in [-0.2, 0) is 29.1 Å². The lowest BCUT2D eigenvalue weighted by molar-refractivity contribution is -0.216. The summed E-state index contributed by atoms with van der Waals surface area (Å²) in [6.07, 6.45) is 14.0. The minimum atomic E-state index is -0.425. The molecule has 4 aliphatic rings. The number of aliphatic hydroxyl groups is 1. The first-order valence-electron chi connectivity index (χ1n) is 21.9. The Kier molecular flexibility index (Phi) is 12.5. The van der Waals surface area contributed by atoms with Gasteiger partial charge in [-0.15, -0.1) is 0 Å². The molecule has 3 saturated carbocycles. The minimum Gasteiger partial charge on any atom is -0.489 e. The lowest BCUT2D eigenvalue weighted by Gasteiger charge is -2.63. The van der Waals surface area contributed by atoms with Gasteiger partial charge in [-0.05, 0) is 127 Å². The highest BCUT2D eigenvalue weighted by Gasteiger charge is 2.62. The molecule has 304 valence electrons. The quantitative estimate of drug-likeness (QED) is 0.131. The second-order valence-electron chi connectivity index (χ2n) is 19.4. The molecule has 5 heteroatoms. The van der Waals surface area contributed by atoms with Crippen molar-refractivity contribution in [1.29, 1.82) is 0 Å². The standard InChI is InChI=1S/C51H70O5/c1-36-27-29-51(32-46(52)50(6)37(2)23-25-42-43(50)20-15-28-48(42,3)4)45(21-14-22-47(51)56-35-53-7)49(36,5)31-40-30-41(54-33-38-16-10-8-11-17-38)24-26-44(40)55-34-39-18-12-9-13-19-39/h8-13,16-19,24-26,30,36-37,43,45-47,52H,14-15,20-23,27-29,31-35H2,1-7H3/t36-,37+,43-,45+,46+,47+,49-,50-,51+/m1/s1. The van der Waals surface area contributed by atoms with E-state index in [1.807, 2.05) is 6.07 Å². The van der Waals surface area contributed by atoms with Crippen LogP contribution in [0.3, 0.4) is 0 Å². The van der Waals surface area contributed by atoms with E-state index in [2.05, 4.69) is 120 Å². The molecule has 0 unspecified atom stereocenters. The summed E-state index contributed by atoms with van der Waals surface area (Å²) in [6, 6.07) is 27.3. The Hall–Kier alpha value is -3.12. The zero-order valence-electron chi connectivity index (χ0n) is 35.5. The largest absolute Gasteiger partial charge is 0.489 e. The predicted molar refractivity (Wildman–Crippen MR) is 226 cm³/mol. The molecule has 5 nitrogen and oxygen atoms in total. The number of aliphatic hydroxyl groups excluding tert-OH is 1. The Morgan fingerprint density at radius 3 is 2.16 bits per heavy atom. The smallest absolute Gasteiger partial charge is 0.146 e. The summed E-state index contributed by atoms with van der Waals surface area (Å²) in [6.45, 7) is 16.1. The van der Waals surface area contributed by atoms with Gasteiger partial charge in [0, 0.05) is 17.9 Å². The van der Waals surface area contributed by atoms with Gasteiger partial charge in [-0.25, -0.2) is 0 Å². The second-order valence-corrected chi connectivity index (χ2v) is 19.4. The van der Waals surface area contributed by atoms with E-state index >= 15 is 0 Å². The van der Waals surface area contributed by atoms with Gasteiger partial charge in [0.1, 0.15) is 31.5 Å². The molecule has 0 amide bonds. The molecule has 4 aliphatic carbocycles. The van der Waals surface area contributed by atoms with Crippen molar-refractivity contribution in [3.8, 4) is 11.5 Å². The highest BCUT2D eigenvalue weighted by atomic mass is 16.7. The van der Waals surface area contributed by atoms with Gasteiger partial charge in [0.15, 0.2) is 0 Å². The maximum Gasteiger partial charge on any atom is 0.146 e. The monoisotopic (exact) mass is 763 g/mol. The topological polar surface area (TPSA) is 57.2 Å². The van der Waals surface area contributed by atoms with Crippen LogP contribution in [0, 0.1) is 45.3 Å². The van der Waals surface area contributed by atoms with Crippen LogP contribution in [0.4, 0.5) is 0 Å². The average Bonchev–Trinajstić information content (AvgIpc) is 3.20. The van der Waals surface area contributed by atoms with Crippen molar-refractivity contribution in [2.75, 3.05) is 13.9 Å². The third-order valence-corrected chi connectivity index (χ3v) is 16.0. The Bertz CT molecular complexity index is 1770. The van der Waals surface area contributed by atoms with Crippen molar-refractivity contribution in [3.63, 3.8) is 0 Å². The summed E-state index contributed by atoms with van der Waals surface area (Å²) in [5.74, 6) is 3.46. The van der Waals surface area contributed by atoms with E-state index in [-0.39, 0.29) is 34.6 Å². The van der Waals surface area contributed by atoms with Gasteiger partial charge in [0.2, 0.25) is 0 Å². The zero-order chi connectivity index (χ0) is 39.6. The van der Waals surface area contributed by atoms with Crippen LogP contribution in [0.5, 0.6) is 11.5 Å². The van der Waals surface area contributed by atoms with E-state index in [1.54, 1.807) is 12.7 Å². The third kappa shape index (κ3) is 7.99. The molecule has 56 heavy (non-hydrogen) atoms. The Morgan fingerprint density at radius 2 is 1.46 bits per heavy atom. The molecule has 3 fully saturated rings. The number of methoxy groups -OCH3 is 1. The van der Waals surface area contributed by atoms with Crippen molar-refractivity contribution < 1.29 is 24.1 Å². The van der Waals surface area contributed by atoms with Crippen LogP contribution in [0.1, 0.15) is 122 Å². The number of hydrogen-bond donors (Lipinski definition) is 1. The van der Waals surface area contributed by atoms with Crippen LogP contribution < -0.4 is 9.47 Å². The third-order valence-electron chi connectivity index (χ3n) is 16.0. The highest BCUT2D eigenvalue weighted by molar-refractivity contribution is 5.42. The van der Waals surface area contributed by atoms with Gasteiger partial charge >= 0.3 is 0 Å². The number of fused-ring (bicyclic) bond motifs is 2. The molecule has 0 aliphatic heterocycles. The molecule has 3 aromatic carbocycles. The maximum absolute atomic E-state index is 13.0. The number of rotatable bonds is 14. The van der Waals surface area contributed by atoms with Gasteiger partial charge < -0.3 is 24.1 Å². The summed E-state index contributed by atoms with van der Waals surface area (Å²) in [4.78, 5) is 0. The first-order valence-corrected chi connectivity index (χ1v) is 21.9. The minimum absolute atomic E-state index is 0.0392. The molecular weight excluding hydrogens is 693 g/mol. The van der Waals surface area contributed by atoms with Crippen LogP contribution in [0.25, 0.3) is 0 Å². The van der Waals surface area contributed by atoms with Crippen molar-refractivity contribution >= 4 is 0 Å². The van der Waals surface area contributed by atoms with Crippen molar-refractivity contribution in [1.82, 2.24) is 0 Å². The average molecular weight is 763 g/mol. The van der Waals surface area contributed by atoms with Crippen molar-refractivity contribution in [2.45, 2.75) is 138 Å². The van der Waals surface area contributed by atoms with Crippen molar-refractivity contribution in [2.24, 2.45) is 45.3 Å². The Labute approximate surface area is 338 Å². The molecule has 0 saturated heterocycles. The van der Waals surface area contributed by atoms with Gasteiger partial charge in [-0.2, -0.15) is 0 Å². The summed E-state index contributed by atoms with van der Waals surface area (Å²) in [5, 5.41) is 13.0. The lowest BCUT2D eigenvalue weighted by Crippen LogP contribution is -2.60. The van der Waals surface area contributed by atoms with Gasteiger partial charge in [0.05, 0.1) is 12.2 Å². The van der Waals surface area contributed by atoms with Gasteiger partial charge in [0.25, 0.3) is 0 Å². The summed E-state index contributed by atoms with van der Waals surface area (Å²) in [7, 11) is 1.74. The molecule has 9 atom stereocenters. The van der Waals surface area contributed by atoms with Gasteiger partial charge in [-0.3, -0.25) is 0 Å². The van der Waals surface area contributed by atoms with Crippen LogP contribution in [0.2, 0.25) is 0 Å². The first kappa shape index (κ1) is 41.1. The Balaban J connectivity index is 1.24. The fourth-order valence-electron chi connectivity index (χ4n) is 12.3. The van der Waals surface area contributed by atoms with E-state index in [1.165, 1.54) is 24.8 Å². The first-order chi connectivity index (χ1) is 26.9. The molecule has 0 heterocycles. The number of hydrogen-bond acceptors (Lipinski definition) is 5. The highest BCUT2D eigenvalue weighted by Crippen LogP contribution is 2.66. The van der Waals surface area contributed by atoms with Gasteiger partial charge in [-0.1, -0.05) is 127 Å². The van der Waals surface area contributed by atoms with E-state index in [4.69, 9.17) is 18.9 Å². The molecular formula is C51H70O5. The molecule has 0 spiro atoms. The molecule has 0 bridgehead atoms. The fourth-order valence-corrected chi connectivity index (χ4v) is 12.3. The molecule has 3 aromatic rings. The van der Waals surface area contributed by atoms with E-state index in [0.29, 0.717) is 36.9 Å². The summed E-state index contributed by atoms with van der Waals surface area (Å²) >= 11 is 0. The number of ether oxygens (including phenoxy) is 4. The van der Waals surface area contributed by atoms with Crippen LogP contribution in [-0.4, -0.2) is 31.2 Å². The normalized spacial score (nSPS) is 33.1. The summed E-state index contributed by atoms with van der Waals surface area (Å²) in [5.41, 5.74) is 4.88. The predicted octanol–water partition coefficient (Wildman–Crippen LogP) is 12.1. The number of allylic oxidation sites excluding steroid dienone is 2. The van der Waals surface area contributed by atoms with Crippen molar-refractivity contribution in [3.05, 3.63) is 107 Å². The number of benzene rings is 3. The fraction of sp³-hybridized carbons (Fsp3) is 0.608. The Morgan fingerprint density at radius 1 is 0.768 bits per heavy atom. The molecule has 0 aromatic heterocycles.